The number of carbonyl (C=O) groups excluding carboxylic acids is 1. The first-order valence-corrected chi connectivity index (χ1v) is 8.29. The third kappa shape index (κ3) is 5.82. The molecule has 0 aliphatic heterocycles. The van der Waals surface area contributed by atoms with Gasteiger partial charge in [-0.2, -0.15) is 0 Å². The van der Waals surface area contributed by atoms with E-state index in [1.807, 2.05) is 19.9 Å². The maximum atomic E-state index is 12.6. The molecule has 0 radical (unpaired) electrons. The Hall–Kier alpha value is -1.62. The van der Waals surface area contributed by atoms with Gasteiger partial charge in [-0.15, -0.1) is 0 Å². The molecule has 0 aliphatic carbocycles. The van der Waals surface area contributed by atoms with Gasteiger partial charge >= 0.3 is 0 Å². The molecule has 1 heterocycles. The summed E-state index contributed by atoms with van der Waals surface area (Å²) in [7, 11) is 1.57. The normalized spacial score (nSPS) is 13.7. The van der Waals surface area contributed by atoms with E-state index >= 15 is 0 Å². The lowest BCUT2D eigenvalue weighted by molar-refractivity contribution is -0.137. The lowest BCUT2D eigenvalue weighted by atomic mass is 9.93. The van der Waals surface area contributed by atoms with Crippen LogP contribution in [-0.4, -0.2) is 30.2 Å². The smallest absolute Gasteiger partial charge is 0.256 e. The molecule has 5 heteroatoms. The van der Waals surface area contributed by atoms with Crippen molar-refractivity contribution >= 4 is 11.6 Å². The van der Waals surface area contributed by atoms with Crippen LogP contribution in [0.1, 0.15) is 52.7 Å². The fourth-order valence-electron chi connectivity index (χ4n) is 2.37. The van der Waals surface area contributed by atoms with Crippen LogP contribution in [0.25, 0.3) is 0 Å². The largest absolute Gasteiger partial charge is 0.478 e. The quantitative estimate of drug-likeness (QED) is 0.699. The van der Waals surface area contributed by atoms with E-state index in [9.17, 15) is 4.79 Å². The Labute approximate surface area is 139 Å². The van der Waals surface area contributed by atoms with Gasteiger partial charge in [-0.1, -0.05) is 27.2 Å². The van der Waals surface area contributed by atoms with E-state index in [1.165, 1.54) is 0 Å². The average Bonchev–Trinajstić information content (AvgIpc) is 2.49. The number of aromatic nitrogens is 1. The van der Waals surface area contributed by atoms with Crippen molar-refractivity contribution in [2.75, 3.05) is 19.0 Å². The summed E-state index contributed by atoms with van der Waals surface area (Å²) in [6.45, 7) is 10.6. The number of carbonyl (C=O) groups is 1. The standard InChI is InChI=1S/C18H30N2O3/c1-7-8-11-23-16-10-9-15(14(4)19-16)20-17(21)18(5,22-6)12-13(2)3/h9-10,13H,7-8,11-12H2,1-6H3,(H,20,21)/t18-/m1/s1. The van der Waals surface area contributed by atoms with Gasteiger partial charge in [-0.3, -0.25) is 4.79 Å². The summed E-state index contributed by atoms with van der Waals surface area (Å²) in [5, 5.41) is 2.92. The van der Waals surface area contributed by atoms with Crippen LogP contribution in [0.5, 0.6) is 5.88 Å². The number of amides is 1. The van der Waals surface area contributed by atoms with E-state index in [-0.39, 0.29) is 5.91 Å². The van der Waals surface area contributed by atoms with Crippen molar-refractivity contribution in [1.29, 1.82) is 0 Å². The van der Waals surface area contributed by atoms with Crippen molar-refractivity contribution < 1.29 is 14.3 Å². The Bertz CT molecular complexity index is 517. The SMILES string of the molecule is CCCCOc1ccc(NC(=O)[C@@](C)(CC(C)C)OC)c(C)n1. The highest BCUT2D eigenvalue weighted by molar-refractivity contribution is 5.97. The first-order valence-electron chi connectivity index (χ1n) is 8.29. The number of unbranched alkanes of at least 4 members (excludes halogenated alkanes) is 1. The second kappa shape index (κ2) is 8.87. The van der Waals surface area contributed by atoms with Gasteiger partial charge < -0.3 is 14.8 Å². The lowest BCUT2D eigenvalue weighted by Gasteiger charge is -2.28. The summed E-state index contributed by atoms with van der Waals surface area (Å²) < 4.78 is 11.0. The fourth-order valence-corrected chi connectivity index (χ4v) is 2.37. The van der Waals surface area contributed by atoms with E-state index in [4.69, 9.17) is 9.47 Å². The molecule has 0 saturated carbocycles. The molecule has 1 atom stereocenters. The van der Waals surface area contributed by atoms with Crippen molar-refractivity contribution in [2.45, 2.75) is 59.5 Å². The van der Waals surface area contributed by atoms with E-state index in [1.54, 1.807) is 13.2 Å². The van der Waals surface area contributed by atoms with Gasteiger partial charge in [0.1, 0.15) is 5.60 Å². The molecular weight excluding hydrogens is 292 g/mol. The maximum absolute atomic E-state index is 12.6. The number of hydrogen-bond acceptors (Lipinski definition) is 4. The van der Waals surface area contributed by atoms with Crippen LogP contribution in [0, 0.1) is 12.8 Å². The van der Waals surface area contributed by atoms with Crippen LogP contribution in [0.15, 0.2) is 12.1 Å². The molecule has 0 aromatic carbocycles. The predicted octanol–water partition coefficient (Wildman–Crippen LogP) is 3.96. The predicted molar refractivity (Wildman–Crippen MR) is 92.9 cm³/mol. The monoisotopic (exact) mass is 322 g/mol. The first kappa shape index (κ1) is 19.4. The van der Waals surface area contributed by atoms with Gasteiger partial charge in [-0.05, 0) is 38.7 Å². The molecule has 5 nitrogen and oxygen atoms in total. The topological polar surface area (TPSA) is 60.5 Å². The minimum absolute atomic E-state index is 0.154. The Morgan fingerprint density at radius 3 is 2.61 bits per heavy atom. The van der Waals surface area contributed by atoms with Gasteiger partial charge in [0, 0.05) is 13.2 Å². The van der Waals surface area contributed by atoms with Crippen LogP contribution in [0.3, 0.4) is 0 Å². The zero-order chi connectivity index (χ0) is 17.5. The first-order chi connectivity index (χ1) is 10.8. The third-order valence-electron chi connectivity index (χ3n) is 3.78. The summed E-state index contributed by atoms with van der Waals surface area (Å²) in [6.07, 6.45) is 2.74. The fraction of sp³-hybridized carbons (Fsp3) is 0.667. The van der Waals surface area contributed by atoms with Crippen LogP contribution in [0.4, 0.5) is 5.69 Å². The van der Waals surface area contributed by atoms with Crippen molar-refractivity contribution in [1.82, 2.24) is 4.98 Å². The van der Waals surface area contributed by atoms with Crippen molar-refractivity contribution in [3.05, 3.63) is 17.8 Å². The van der Waals surface area contributed by atoms with Gasteiger partial charge in [-0.25, -0.2) is 4.98 Å². The number of aryl methyl sites for hydroxylation is 1. The highest BCUT2D eigenvalue weighted by Crippen LogP contribution is 2.24. The highest BCUT2D eigenvalue weighted by atomic mass is 16.5. The van der Waals surface area contributed by atoms with E-state index in [0.717, 1.165) is 18.5 Å². The number of nitrogens with one attached hydrogen (secondary N) is 1. The van der Waals surface area contributed by atoms with Crippen LogP contribution >= 0.6 is 0 Å². The molecule has 1 aromatic rings. The average molecular weight is 322 g/mol. The Kier molecular flexibility index (Phi) is 7.49. The molecule has 0 saturated heterocycles. The Morgan fingerprint density at radius 1 is 1.39 bits per heavy atom. The lowest BCUT2D eigenvalue weighted by Crippen LogP contribution is -2.43. The molecule has 1 rings (SSSR count). The van der Waals surface area contributed by atoms with Gasteiger partial charge in [0.05, 0.1) is 18.0 Å². The number of hydrogen-bond donors (Lipinski definition) is 1. The van der Waals surface area contributed by atoms with Gasteiger partial charge in [0.15, 0.2) is 0 Å². The molecule has 0 bridgehead atoms. The minimum Gasteiger partial charge on any atom is -0.478 e. The van der Waals surface area contributed by atoms with E-state index in [2.05, 4.69) is 31.1 Å². The summed E-state index contributed by atoms with van der Waals surface area (Å²) in [4.78, 5) is 16.9. The van der Waals surface area contributed by atoms with Crippen LogP contribution in [-0.2, 0) is 9.53 Å². The zero-order valence-electron chi connectivity index (χ0n) is 15.2. The number of rotatable bonds is 9. The number of nitrogens with zero attached hydrogens (tertiary/aromatic N) is 1. The van der Waals surface area contributed by atoms with Crippen LogP contribution < -0.4 is 10.1 Å². The van der Waals surface area contributed by atoms with E-state index < -0.39 is 5.60 Å². The second-order valence-electron chi connectivity index (χ2n) is 6.47. The molecule has 0 fully saturated rings. The Balaban J connectivity index is 2.78. The molecule has 1 N–H and O–H groups in total. The van der Waals surface area contributed by atoms with Crippen molar-refractivity contribution in [3.8, 4) is 5.88 Å². The molecule has 130 valence electrons. The summed E-state index contributed by atoms with van der Waals surface area (Å²) in [6, 6.07) is 3.61. The highest BCUT2D eigenvalue weighted by Gasteiger charge is 2.34. The molecule has 1 aromatic heterocycles. The zero-order valence-corrected chi connectivity index (χ0v) is 15.2. The molecule has 0 aliphatic rings. The molecule has 23 heavy (non-hydrogen) atoms. The van der Waals surface area contributed by atoms with Gasteiger partial charge in [0.25, 0.3) is 5.91 Å². The minimum atomic E-state index is -0.850. The molecule has 1 amide bonds. The number of anilines is 1. The molecule has 0 spiro atoms. The maximum Gasteiger partial charge on any atom is 0.256 e. The molecular formula is C18H30N2O3. The Morgan fingerprint density at radius 2 is 2.09 bits per heavy atom. The van der Waals surface area contributed by atoms with E-state index in [0.29, 0.717) is 30.5 Å². The van der Waals surface area contributed by atoms with Crippen molar-refractivity contribution in [3.63, 3.8) is 0 Å². The van der Waals surface area contributed by atoms with Crippen molar-refractivity contribution in [2.24, 2.45) is 5.92 Å². The number of pyridine rings is 1. The van der Waals surface area contributed by atoms with Crippen LogP contribution in [0.2, 0.25) is 0 Å². The third-order valence-corrected chi connectivity index (χ3v) is 3.78. The number of ether oxygens (including phenoxy) is 2. The summed E-state index contributed by atoms with van der Waals surface area (Å²) in [5.41, 5.74) is 0.567. The summed E-state index contributed by atoms with van der Waals surface area (Å²) in [5.74, 6) is 0.795. The number of methoxy groups -OCH3 is 1. The summed E-state index contributed by atoms with van der Waals surface area (Å²) >= 11 is 0. The van der Waals surface area contributed by atoms with Gasteiger partial charge in [0.2, 0.25) is 5.88 Å². The second-order valence-corrected chi connectivity index (χ2v) is 6.47. The molecule has 0 unspecified atom stereocenters.